The normalized spacial score (nSPS) is 18.1. The lowest BCUT2D eigenvalue weighted by Crippen LogP contribution is -2.45. The Kier molecular flexibility index (Phi) is 5.43. The summed E-state index contributed by atoms with van der Waals surface area (Å²) in [6.45, 7) is 1.90. The predicted octanol–water partition coefficient (Wildman–Crippen LogP) is 5.11. The molecule has 0 fully saturated rings. The molecule has 3 aromatic rings. The third-order valence-corrected chi connectivity index (χ3v) is 7.67. The lowest BCUT2D eigenvalue weighted by molar-refractivity contribution is -0.125. The van der Waals surface area contributed by atoms with Crippen LogP contribution in [0.25, 0.3) is 11.1 Å². The van der Waals surface area contributed by atoms with Gasteiger partial charge < -0.3 is 0 Å². The van der Waals surface area contributed by atoms with Crippen LogP contribution in [0.5, 0.6) is 0 Å². The summed E-state index contributed by atoms with van der Waals surface area (Å²) in [5.41, 5.74) is 2.77. The van der Waals surface area contributed by atoms with Gasteiger partial charge in [0.25, 0.3) is 10.0 Å². The predicted molar refractivity (Wildman–Crippen MR) is 119 cm³/mol. The summed E-state index contributed by atoms with van der Waals surface area (Å²) in [6.07, 6.45) is 1.69. The Balaban J connectivity index is 1.61. The molecule has 0 aromatic heterocycles. The highest BCUT2D eigenvalue weighted by atomic mass is 35.5. The van der Waals surface area contributed by atoms with Crippen molar-refractivity contribution in [1.82, 2.24) is 4.72 Å². The lowest BCUT2D eigenvalue weighted by Gasteiger charge is -2.27. The first-order valence-corrected chi connectivity index (χ1v) is 11.7. The van der Waals surface area contributed by atoms with E-state index in [0.717, 1.165) is 22.3 Å². The summed E-state index contributed by atoms with van der Waals surface area (Å²) < 4.78 is 28.2. The number of amides is 1. The van der Waals surface area contributed by atoms with Crippen LogP contribution in [0.3, 0.4) is 0 Å². The number of carbonyl (C=O) groups is 1. The van der Waals surface area contributed by atoms with Gasteiger partial charge in [-0.05, 0) is 59.7 Å². The van der Waals surface area contributed by atoms with Gasteiger partial charge in [0.15, 0.2) is 0 Å². The highest BCUT2D eigenvalue weighted by Crippen LogP contribution is 2.44. The van der Waals surface area contributed by atoms with Gasteiger partial charge in [0.05, 0.1) is 10.3 Å². The van der Waals surface area contributed by atoms with Gasteiger partial charge in [-0.15, -0.1) is 0 Å². The van der Waals surface area contributed by atoms with Gasteiger partial charge in [0.1, 0.15) is 0 Å². The van der Waals surface area contributed by atoms with E-state index in [-0.39, 0.29) is 4.90 Å². The average molecular weight is 440 g/mol. The van der Waals surface area contributed by atoms with E-state index in [4.69, 9.17) is 11.6 Å². The van der Waals surface area contributed by atoms with Crippen LogP contribution < -0.4 is 4.72 Å². The summed E-state index contributed by atoms with van der Waals surface area (Å²) in [4.78, 5) is 13.3. The van der Waals surface area contributed by atoms with Crippen LogP contribution in [0.15, 0.2) is 77.7 Å². The van der Waals surface area contributed by atoms with Gasteiger partial charge in [-0.2, -0.15) is 0 Å². The highest BCUT2D eigenvalue weighted by molar-refractivity contribution is 7.90. The Hall–Kier alpha value is -2.63. The topological polar surface area (TPSA) is 63.2 Å². The van der Waals surface area contributed by atoms with Crippen molar-refractivity contribution in [2.45, 2.75) is 36.5 Å². The van der Waals surface area contributed by atoms with E-state index < -0.39 is 21.3 Å². The van der Waals surface area contributed by atoms with E-state index in [1.54, 1.807) is 24.3 Å². The first kappa shape index (κ1) is 20.6. The molecule has 4 nitrogen and oxygen atoms in total. The van der Waals surface area contributed by atoms with Crippen LogP contribution in [0, 0.1) is 0 Å². The molecule has 30 heavy (non-hydrogen) atoms. The lowest BCUT2D eigenvalue weighted by atomic mass is 9.79. The molecule has 0 bridgehead atoms. The molecule has 1 N–H and O–H groups in total. The molecular weight excluding hydrogens is 418 g/mol. The van der Waals surface area contributed by atoms with Gasteiger partial charge >= 0.3 is 0 Å². The molecule has 6 heteroatoms. The molecule has 0 saturated heterocycles. The van der Waals surface area contributed by atoms with Gasteiger partial charge in [-0.1, -0.05) is 73.1 Å². The number of fused-ring (bicyclic) bond motifs is 1. The summed E-state index contributed by atoms with van der Waals surface area (Å²) in [7, 11) is -3.99. The zero-order valence-corrected chi connectivity index (χ0v) is 18.1. The van der Waals surface area contributed by atoms with Crippen molar-refractivity contribution in [3.05, 3.63) is 88.9 Å². The molecule has 0 aliphatic heterocycles. The van der Waals surface area contributed by atoms with E-state index in [9.17, 15) is 13.2 Å². The van der Waals surface area contributed by atoms with Crippen molar-refractivity contribution in [1.29, 1.82) is 0 Å². The van der Waals surface area contributed by atoms with E-state index in [2.05, 4.69) is 4.72 Å². The van der Waals surface area contributed by atoms with Crippen molar-refractivity contribution in [2.75, 3.05) is 0 Å². The highest BCUT2D eigenvalue weighted by Gasteiger charge is 2.45. The fourth-order valence-electron chi connectivity index (χ4n) is 4.23. The molecule has 0 saturated carbocycles. The smallest absolute Gasteiger partial charge is 0.264 e. The van der Waals surface area contributed by atoms with Crippen molar-refractivity contribution in [3.63, 3.8) is 0 Å². The second-order valence-corrected chi connectivity index (χ2v) is 9.62. The molecule has 1 atom stereocenters. The maximum Gasteiger partial charge on any atom is 0.264 e. The summed E-state index contributed by atoms with van der Waals surface area (Å²) in [6, 6.07) is 21.7. The van der Waals surface area contributed by atoms with Crippen molar-refractivity contribution < 1.29 is 13.2 Å². The van der Waals surface area contributed by atoms with Crippen LogP contribution in [-0.4, -0.2) is 14.3 Å². The molecule has 0 radical (unpaired) electrons. The van der Waals surface area contributed by atoms with Gasteiger partial charge in [0, 0.05) is 5.02 Å². The molecule has 1 aliphatic rings. The second-order valence-electron chi connectivity index (χ2n) is 7.53. The number of halogens is 1. The fourth-order valence-corrected chi connectivity index (χ4v) is 5.55. The molecule has 3 aromatic carbocycles. The van der Waals surface area contributed by atoms with Crippen LogP contribution in [0.1, 0.15) is 30.9 Å². The van der Waals surface area contributed by atoms with E-state index in [1.807, 2.05) is 43.3 Å². The van der Waals surface area contributed by atoms with Gasteiger partial charge in [0.2, 0.25) is 5.91 Å². The Bertz CT molecular complexity index is 1190. The van der Waals surface area contributed by atoms with Crippen LogP contribution in [0.4, 0.5) is 0 Å². The number of carbonyl (C=O) groups excluding carboxylic acids is 1. The third-order valence-electron chi connectivity index (χ3n) is 5.97. The first-order chi connectivity index (χ1) is 14.4. The number of hydrogen-bond acceptors (Lipinski definition) is 3. The zero-order valence-electron chi connectivity index (χ0n) is 16.6. The Morgan fingerprint density at radius 3 is 2.30 bits per heavy atom. The Morgan fingerprint density at radius 1 is 0.967 bits per heavy atom. The average Bonchev–Trinajstić information content (AvgIpc) is 3.15. The van der Waals surface area contributed by atoms with E-state index in [0.29, 0.717) is 24.3 Å². The molecule has 1 amide bonds. The zero-order chi connectivity index (χ0) is 21.4. The molecule has 1 unspecified atom stereocenters. The second kappa shape index (κ2) is 7.89. The minimum Gasteiger partial charge on any atom is -0.273 e. The minimum atomic E-state index is -3.99. The van der Waals surface area contributed by atoms with Crippen molar-refractivity contribution in [2.24, 2.45) is 0 Å². The van der Waals surface area contributed by atoms with Gasteiger partial charge in [-0.3, -0.25) is 4.79 Å². The SMILES string of the molecule is CCC1(C(=O)NS(=O)(=O)c2ccc(-c3ccccc3)cc2)CCc2c(Cl)cccc21. The summed E-state index contributed by atoms with van der Waals surface area (Å²) >= 11 is 6.30. The van der Waals surface area contributed by atoms with Crippen LogP contribution in [-0.2, 0) is 26.7 Å². The number of rotatable bonds is 5. The maximum atomic E-state index is 13.2. The first-order valence-electron chi connectivity index (χ1n) is 9.88. The molecule has 0 heterocycles. The molecule has 1 aliphatic carbocycles. The third kappa shape index (κ3) is 3.53. The standard InChI is InChI=1S/C24H22ClNO3S/c1-2-24(16-15-20-21(24)9-6-10-22(20)25)23(27)26-30(28,29)19-13-11-18(12-14-19)17-7-4-3-5-8-17/h3-14H,2,15-16H2,1H3,(H,26,27). The number of nitrogens with one attached hydrogen (secondary N) is 1. The fraction of sp³-hybridized carbons (Fsp3) is 0.208. The van der Waals surface area contributed by atoms with Crippen molar-refractivity contribution in [3.8, 4) is 11.1 Å². The Morgan fingerprint density at radius 2 is 1.63 bits per heavy atom. The van der Waals surface area contributed by atoms with E-state index >= 15 is 0 Å². The maximum absolute atomic E-state index is 13.2. The minimum absolute atomic E-state index is 0.0612. The summed E-state index contributed by atoms with van der Waals surface area (Å²) in [5, 5.41) is 0.620. The number of hydrogen-bond donors (Lipinski definition) is 1. The summed E-state index contributed by atoms with van der Waals surface area (Å²) in [5.74, 6) is -0.502. The van der Waals surface area contributed by atoms with Gasteiger partial charge in [-0.25, -0.2) is 13.1 Å². The molecule has 154 valence electrons. The largest absolute Gasteiger partial charge is 0.273 e. The van der Waals surface area contributed by atoms with Crippen LogP contribution >= 0.6 is 11.6 Å². The van der Waals surface area contributed by atoms with E-state index in [1.165, 1.54) is 12.1 Å². The van der Waals surface area contributed by atoms with Crippen molar-refractivity contribution >= 4 is 27.5 Å². The van der Waals surface area contributed by atoms with Crippen LogP contribution in [0.2, 0.25) is 5.02 Å². The monoisotopic (exact) mass is 439 g/mol. The molecule has 0 spiro atoms. The quantitative estimate of drug-likeness (QED) is 0.601. The number of sulfonamides is 1. The molecule has 4 rings (SSSR count). The Labute approximate surface area is 182 Å². The number of benzene rings is 3. The molecular formula is C24H22ClNO3S.